The largest absolute Gasteiger partial charge is 0.494 e. The van der Waals surface area contributed by atoms with Gasteiger partial charge in [-0.05, 0) is 97.4 Å². The molecule has 0 unspecified atom stereocenters. The minimum Gasteiger partial charge on any atom is -0.494 e. The first-order chi connectivity index (χ1) is 20.9. The number of para-hydroxylation sites is 2. The van der Waals surface area contributed by atoms with Crippen molar-refractivity contribution >= 4 is 44.9 Å². The van der Waals surface area contributed by atoms with Crippen LogP contribution in [-0.4, -0.2) is 27.1 Å². The number of sulfonamides is 1. The van der Waals surface area contributed by atoms with Gasteiger partial charge in [-0.2, -0.15) is 5.10 Å². The highest BCUT2D eigenvalue weighted by Crippen LogP contribution is 2.33. The van der Waals surface area contributed by atoms with E-state index in [1.54, 1.807) is 18.3 Å². The van der Waals surface area contributed by atoms with Gasteiger partial charge in [0.2, 0.25) is 0 Å². The maximum Gasteiger partial charge on any atom is 0.271 e. The third-order valence-electron chi connectivity index (χ3n) is 6.40. The highest BCUT2D eigenvalue weighted by atomic mass is 32.2. The Kier molecular flexibility index (Phi) is 9.14. The number of rotatable bonds is 11. The van der Waals surface area contributed by atoms with Gasteiger partial charge in [-0.1, -0.05) is 48.5 Å². The van der Waals surface area contributed by atoms with Gasteiger partial charge in [0, 0.05) is 28.3 Å². The molecule has 0 spiro atoms. The number of ether oxygens (including phenoxy) is 1. The molecule has 0 saturated heterocycles. The minimum atomic E-state index is -3.80. The van der Waals surface area contributed by atoms with Crippen molar-refractivity contribution in [2.75, 3.05) is 16.2 Å². The molecule has 43 heavy (non-hydrogen) atoms. The molecule has 0 saturated carbocycles. The van der Waals surface area contributed by atoms with Crippen molar-refractivity contribution in [3.8, 4) is 5.75 Å². The summed E-state index contributed by atoms with van der Waals surface area (Å²) in [5.41, 5.74) is 7.05. The number of hydrogen-bond acceptors (Lipinski definition) is 6. The van der Waals surface area contributed by atoms with Crippen LogP contribution >= 0.6 is 0 Å². The van der Waals surface area contributed by atoms with Gasteiger partial charge in [0.1, 0.15) is 5.75 Å². The molecule has 8 nitrogen and oxygen atoms in total. The van der Waals surface area contributed by atoms with Gasteiger partial charge >= 0.3 is 0 Å². The molecule has 0 fully saturated rings. The molecule has 2 N–H and O–H groups in total. The SMILES string of the molecule is CCOc1ccc(S(=O)(=O)Nc2ccc(C(=O)NN=Cc3ccc(N(c4ccccc4)c4ccccc4)cc3)cc2)cc1. The first-order valence-corrected chi connectivity index (χ1v) is 15.1. The van der Waals surface area contributed by atoms with Gasteiger partial charge in [0.05, 0.1) is 17.7 Å². The van der Waals surface area contributed by atoms with E-state index >= 15 is 0 Å². The summed E-state index contributed by atoms with van der Waals surface area (Å²) in [6.45, 7) is 2.35. The second-order valence-corrected chi connectivity index (χ2v) is 11.1. The molecule has 0 aliphatic carbocycles. The van der Waals surface area contributed by atoms with Crippen LogP contribution in [-0.2, 0) is 10.0 Å². The fourth-order valence-electron chi connectivity index (χ4n) is 4.33. The molecular formula is C34H30N4O4S. The van der Waals surface area contributed by atoms with Crippen LogP contribution in [0.4, 0.5) is 22.7 Å². The molecule has 0 radical (unpaired) electrons. The van der Waals surface area contributed by atoms with Crippen molar-refractivity contribution in [2.24, 2.45) is 5.10 Å². The van der Waals surface area contributed by atoms with E-state index in [-0.39, 0.29) is 4.90 Å². The average Bonchev–Trinajstić information content (AvgIpc) is 3.03. The number of carbonyl (C=O) groups is 1. The number of benzene rings is 5. The Labute approximate surface area is 251 Å². The summed E-state index contributed by atoms with van der Waals surface area (Å²) in [5.74, 6) is 0.169. The zero-order valence-corrected chi connectivity index (χ0v) is 24.2. The van der Waals surface area contributed by atoms with Crippen molar-refractivity contribution in [2.45, 2.75) is 11.8 Å². The Hall–Kier alpha value is -5.41. The number of hydrazone groups is 1. The number of amides is 1. The lowest BCUT2D eigenvalue weighted by Gasteiger charge is -2.25. The van der Waals surface area contributed by atoms with Crippen LogP contribution in [0.3, 0.4) is 0 Å². The molecule has 5 aromatic carbocycles. The van der Waals surface area contributed by atoms with Crippen LogP contribution in [0.1, 0.15) is 22.8 Å². The lowest BCUT2D eigenvalue weighted by Crippen LogP contribution is -2.18. The third-order valence-corrected chi connectivity index (χ3v) is 7.80. The van der Waals surface area contributed by atoms with Crippen LogP contribution in [0.15, 0.2) is 143 Å². The first-order valence-electron chi connectivity index (χ1n) is 13.6. The Morgan fingerprint density at radius 2 is 1.30 bits per heavy atom. The maximum atomic E-state index is 12.7. The quantitative estimate of drug-likeness (QED) is 0.126. The minimum absolute atomic E-state index is 0.105. The van der Waals surface area contributed by atoms with Gasteiger partial charge in [-0.15, -0.1) is 0 Å². The Bertz CT molecular complexity index is 1740. The Morgan fingerprint density at radius 1 is 0.744 bits per heavy atom. The van der Waals surface area contributed by atoms with E-state index < -0.39 is 15.9 Å². The van der Waals surface area contributed by atoms with Crippen molar-refractivity contribution in [3.05, 3.63) is 145 Å². The molecular weight excluding hydrogens is 560 g/mol. The molecule has 0 aliphatic rings. The Balaban J connectivity index is 1.20. The predicted molar refractivity (Wildman–Crippen MR) is 171 cm³/mol. The summed E-state index contributed by atoms with van der Waals surface area (Å²) in [5, 5.41) is 4.09. The fourth-order valence-corrected chi connectivity index (χ4v) is 5.38. The number of anilines is 4. The van der Waals surface area contributed by atoms with Crippen molar-refractivity contribution in [3.63, 3.8) is 0 Å². The van der Waals surface area contributed by atoms with Crippen molar-refractivity contribution in [1.82, 2.24) is 5.43 Å². The topological polar surface area (TPSA) is 100 Å². The van der Waals surface area contributed by atoms with Gasteiger partial charge in [0.25, 0.3) is 15.9 Å². The van der Waals surface area contributed by atoms with E-state index in [1.165, 1.54) is 36.4 Å². The van der Waals surface area contributed by atoms with Gasteiger partial charge in [-0.25, -0.2) is 13.8 Å². The van der Waals surface area contributed by atoms with Crippen LogP contribution < -0.4 is 19.8 Å². The highest BCUT2D eigenvalue weighted by Gasteiger charge is 2.15. The maximum absolute atomic E-state index is 12.7. The van der Waals surface area contributed by atoms with E-state index in [0.29, 0.717) is 23.6 Å². The molecule has 9 heteroatoms. The van der Waals surface area contributed by atoms with Crippen LogP contribution in [0.5, 0.6) is 5.75 Å². The van der Waals surface area contributed by atoms with Gasteiger partial charge < -0.3 is 9.64 Å². The normalized spacial score (nSPS) is 11.2. The van der Waals surface area contributed by atoms with E-state index in [9.17, 15) is 13.2 Å². The standard InChI is InChI=1S/C34H30N4O4S/c1-2-42-32-21-23-33(24-22-32)43(40,41)37-28-17-15-27(16-18-28)34(39)36-35-25-26-13-19-31(20-14-26)38(29-9-5-3-6-10-29)30-11-7-4-8-12-30/h3-25,37H,2H2,1H3,(H,36,39). The molecule has 0 aromatic heterocycles. The van der Waals surface area contributed by atoms with Crippen molar-refractivity contribution < 1.29 is 17.9 Å². The Morgan fingerprint density at radius 3 is 1.86 bits per heavy atom. The number of carbonyl (C=O) groups excluding carboxylic acids is 1. The predicted octanol–water partition coefficient (Wildman–Crippen LogP) is 7.12. The smallest absolute Gasteiger partial charge is 0.271 e. The van der Waals surface area contributed by atoms with Gasteiger partial charge in [0.15, 0.2) is 0 Å². The monoisotopic (exact) mass is 590 g/mol. The summed E-state index contributed by atoms with van der Waals surface area (Å²) in [6.07, 6.45) is 1.57. The van der Waals surface area contributed by atoms with E-state index in [0.717, 1.165) is 22.6 Å². The zero-order chi connectivity index (χ0) is 30.1. The second-order valence-electron chi connectivity index (χ2n) is 9.38. The number of nitrogens with zero attached hydrogens (tertiary/aromatic N) is 2. The highest BCUT2D eigenvalue weighted by molar-refractivity contribution is 7.92. The summed E-state index contributed by atoms with van der Waals surface area (Å²) < 4.78 is 33.3. The van der Waals surface area contributed by atoms with E-state index in [2.05, 4.69) is 44.4 Å². The number of hydrogen-bond donors (Lipinski definition) is 2. The van der Waals surface area contributed by atoms with Crippen LogP contribution in [0.25, 0.3) is 0 Å². The molecule has 0 bridgehead atoms. The van der Waals surface area contributed by atoms with E-state index in [1.807, 2.05) is 67.6 Å². The zero-order valence-electron chi connectivity index (χ0n) is 23.4. The fraction of sp³-hybridized carbons (Fsp3) is 0.0588. The molecule has 0 atom stereocenters. The molecule has 0 aliphatic heterocycles. The van der Waals surface area contributed by atoms with E-state index in [4.69, 9.17) is 4.74 Å². The molecule has 1 amide bonds. The molecule has 216 valence electrons. The third kappa shape index (κ3) is 7.46. The summed E-state index contributed by atoms with van der Waals surface area (Å²) >= 11 is 0. The van der Waals surface area contributed by atoms with Crippen LogP contribution in [0.2, 0.25) is 0 Å². The summed E-state index contributed by atoms with van der Waals surface area (Å²) in [7, 11) is -3.80. The number of nitrogens with one attached hydrogen (secondary N) is 2. The van der Waals surface area contributed by atoms with Gasteiger partial charge in [-0.3, -0.25) is 9.52 Å². The summed E-state index contributed by atoms with van der Waals surface area (Å²) in [4.78, 5) is 14.9. The molecule has 0 heterocycles. The average molecular weight is 591 g/mol. The van der Waals surface area contributed by atoms with Crippen molar-refractivity contribution in [1.29, 1.82) is 0 Å². The summed E-state index contributed by atoms with van der Waals surface area (Å²) in [6, 6.07) is 40.3. The first kappa shape index (κ1) is 29.1. The molecule has 5 aromatic rings. The van der Waals surface area contributed by atoms with Crippen LogP contribution in [0, 0.1) is 0 Å². The molecule has 5 rings (SSSR count). The second kappa shape index (κ2) is 13.5. The lowest BCUT2D eigenvalue weighted by molar-refractivity contribution is 0.0955. The lowest BCUT2D eigenvalue weighted by atomic mass is 10.1.